The lowest BCUT2D eigenvalue weighted by atomic mass is 10.3. The number of imidazole rings is 1. The second kappa shape index (κ2) is 7.18. The van der Waals surface area contributed by atoms with Crippen LogP contribution in [0, 0.1) is 0 Å². The molecule has 20 heavy (non-hydrogen) atoms. The molecule has 0 bridgehead atoms. The van der Waals surface area contributed by atoms with Gasteiger partial charge in [-0.3, -0.25) is 4.79 Å². The van der Waals surface area contributed by atoms with Gasteiger partial charge < -0.3 is 19.8 Å². The van der Waals surface area contributed by atoms with Gasteiger partial charge in [0.25, 0.3) is 0 Å². The number of benzene rings is 1. The highest BCUT2D eigenvalue weighted by Crippen LogP contribution is 2.16. The van der Waals surface area contributed by atoms with Crippen molar-refractivity contribution in [3.8, 4) is 11.5 Å². The largest absolute Gasteiger partial charge is 0.497 e. The number of nitrogens with one attached hydrogen (secondary N) is 2. The Morgan fingerprint density at radius 1 is 1.30 bits per heavy atom. The average Bonchev–Trinajstić information content (AvgIpc) is 2.97. The van der Waals surface area contributed by atoms with Crippen LogP contribution in [0.3, 0.4) is 0 Å². The number of rotatable bonds is 7. The van der Waals surface area contributed by atoms with E-state index in [0.717, 1.165) is 17.2 Å². The van der Waals surface area contributed by atoms with Crippen molar-refractivity contribution >= 4 is 5.91 Å². The second-order valence-corrected chi connectivity index (χ2v) is 4.13. The average molecular weight is 275 g/mol. The Morgan fingerprint density at radius 2 is 2.05 bits per heavy atom. The van der Waals surface area contributed by atoms with Crippen LogP contribution in [-0.4, -0.2) is 36.1 Å². The molecule has 2 N–H and O–H groups in total. The summed E-state index contributed by atoms with van der Waals surface area (Å²) in [4.78, 5) is 18.3. The van der Waals surface area contributed by atoms with E-state index in [9.17, 15) is 4.79 Å². The van der Waals surface area contributed by atoms with Gasteiger partial charge in [0.05, 0.1) is 26.4 Å². The third kappa shape index (κ3) is 4.31. The Bertz CT molecular complexity index is 523. The highest BCUT2D eigenvalue weighted by atomic mass is 16.5. The van der Waals surface area contributed by atoms with Crippen LogP contribution in [0.1, 0.15) is 5.69 Å². The molecule has 0 atom stereocenters. The van der Waals surface area contributed by atoms with Gasteiger partial charge in [0.15, 0.2) is 0 Å². The van der Waals surface area contributed by atoms with Gasteiger partial charge in [-0.2, -0.15) is 0 Å². The maximum absolute atomic E-state index is 11.6. The van der Waals surface area contributed by atoms with Crippen LogP contribution in [0.4, 0.5) is 0 Å². The van der Waals surface area contributed by atoms with Crippen molar-refractivity contribution in [2.75, 3.05) is 20.3 Å². The van der Waals surface area contributed by atoms with E-state index in [2.05, 4.69) is 15.3 Å². The summed E-state index contributed by atoms with van der Waals surface area (Å²) in [6.45, 7) is 0.875. The quantitative estimate of drug-likeness (QED) is 0.743. The van der Waals surface area contributed by atoms with Crippen LogP contribution in [0.25, 0.3) is 0 Å². The molecule has 6 nitrogen and oxygen atoms in total. The molecule has 1 heterocycles. The fourth-order valence-corrected chi connectivity index (χ4v) is 1.65. The van der Waals surface area contributed by atoms with Crippen LogP contribution in [0.2, 0.25) is 0 Å². The Labute approximate surface area is 117 Å². The molecule has 0 spiro atoms. The second-order valence-electron chi connectivity index (χ2n) is 4.13. The van der Waals surface area contributed by atoms with Crippen molar-refractivity contribution in [2.45, 2.75) is 6.42 Å². The molecule has 1 amide bonds. The smallest absolute Gasteiger partial charge is 0.226 e. The fourth-order valence-electron chi connectivity index (χ4n) is 1.65. The lowest BCUT2D eigenvalue weighted by molar-refractivity contribution is -0.120. The zero-order valence-electron chi connectivity index (χ0n) is 11.3. The molecular weight excluding hydrogens is 258 g/mol. The van der Waals surface area contributed by atoms with E-state index in [4.69, 9.17) is 9.47 Å². The summed E-state index contributed by atoms with van der Waals surface area (Å²) in [5.41, 5.74) is 0.790. The maximum atomic E-state index is 11.6. The van der Waals surface area contributed by atoms with Crippen molar-refractivity contribution in [1.29, 1.82) is 0 Å². The van der Waals surface area contributed by atoms with E-state index in [0.29, 0.717) is 19.6 Å². The number of hydrogen-bond acceptors (Lipinski definition) is 4. The molecule has 1 aromatic heterocycles. The molecule has 0 saturated heterocycles. The van der Waals surface area contributed by atoms with Crippen LogP contribution < -0.4 is 14.8 Å². The number of aromatic amines is 1. The topological polar surface area (TPSA) is 76.2 Å². The molecule has 0 aliphatic carbocycles. The van der Waals surface area contributed by atoms with E-state index in [1.165, 1.54) is 0 Å². The van der Waals surface area contributed by atoms with E-state index in [-0.39, 0.29) is 5.91 Å². The van der Waals surface area contributed by atoms with E-state index < -0.39 is 0 Å². The first-order valence-corrected chi connectivity index (χ1v) is 6.29. The third-order valence-corrected chi connectivity index (χ3v) is 2.66. The molecular formula is C14H17N3O3. The summed E-state index contributed by atoms with van der Waals surface area (Å²) >= 11 is 0. The summed E-state index contributed by atoms with van der Waals surface area (Å²) < 4.78 is 10.6. The first kappa shape index (κ1) is 13.9. The summed E-state index contributed by atoms with van der Waals surface area (Å²) in [5.74, 6) is 1.46. The predicted molar refractivity (Wildman–Crippen MR) is 73.8 cm³/mol. The van der Waals surface area contributed by atoms with Gasteiger partial charge in [0.1, 0.15) is 18.1 Å². The number of hydrogen-bond donors (Lipinski definition) is 2. The summed E-state index contributed by atoms with van der Waals surface area (Å²) in [6.07, 6.45) is 3.48. The van der Waals surface area contributed by atoms with Gasteiger partial charge >= 0.3 is 0 Å². The van der Waals surface area contributed by atoms with Crippen LogP contribution in [0.5, 0.6) is 11.5 Å². The number of carbonyl (C=O) groups is 1. The minimum atomic E-state index is -0.0624. The zero-order chi connectivity index (χ0) is 14.2. The number of aromatic nitrogens is 2. The number of H-pyrrole nitrogens is 1. The third-order valence-electron chi connectivity index (χ3n) is 2.66. The maximum Gasteiger partial charge on any atom is 0.226 e. The van der Waals surface area contributed by atoms with Gasteiger partial charge in [0.2, 0.25) is 5.91 Å². The molecule has 2 aromatic rings. The van der Waals surface area contributed by atoms with Gasteiger partial charge in [0, 0.05) is 11.9 Å². The Balaban J connectivity index is 1.64. The van der Waals surface area contributed by atoms with Gasteiger partial charge in [-0.15, -0.1) is 0 Å². The fraction of sp³-hybridized carbons (Fsp3) is 0.286. The number of carbonyl (C=O) groups excluding carboxylic acids is 1. The number of nitrogens with zero attached hydrogens (tertiary/aromatic N) is 1. The minimum absolute atomic E-state index is 0.0624. The van der Waals surface area contributed by atoms with Crippen LogP contribution in [-0.2, 0) is 11.2 Å². The van der Waals surface area contributed by atoms with Crippen molar-refractivity contribution in [3.05, 3.63) is 42.5 Å². The van der Waals surface area contributed by atoms with E-state index in [1.54, 1.807) is 19.6 Å². The molecule has 0 saturated carbocycles. The van der Waals surface area contributed by atoms with E-state index >= 15 is 0 Å². The number of amides is 1. The molecule has 6 heteroatoms. The van der Waals surface area contributed by atoms with Gasteiger partial charge in [-0.25, -0.2) is 4.98 Å². The van der Waals surface area contributed by atoms with Crippen LogP contribution >= 0.6 is 0 Å². The molecule has 106 valence electrons. The van der Waals surface area contributed by atoms with Crippen molar-refractivity contribution in [3.63, 3.8) is 0 Å². The highest BCUT2D eigenvalue weighted by Gasteiger charge is 2.03. The molecule has 0 aliphatic rings. The summed E-state index contributed by atoms with van der Waals surface area (Å²) in [7, 11) is 1.62. The predicted octanol–water partition coefficient (Wildman–Crippen LogP) is 1.16. The Morgan fingerprint density at radius 3 is 2.70 bits per heavy atom. The summed E-state index contributed by atoms with van der Waals surface area (Å²) in [5, 5.41) is 2.78. The molecule has 0 aliphatic heterocycles. The minimum Gasteiger partial charge on any atom is -0.497 e. The van der Waals surface area contributed by atoms with Crippen molar-refractivity contribution < 1.29 is 14.3 Å². The number of methoxy groups -OCH3 is 1. The summed E-state index contributed by atoms with van der Waals surface area (Å²) in [6, 6.07) is 7.30. The lowest BCUT2D eigenvalue weighted by Crippen LogP contribution is -2.29. The Kier molecular flexibility index (Phi) is 5.00. The zero-order valence-corrected chi connectivity index (χ0v) is 11.3. The first-order chi connectivity index (χ1) is 9.78. The Hall–Kier alpha value is -2.50. The highest BCUT2D eigenvalue weighted by molar-refractivity contribution is 5.77. The normalized spacial score (nSPS) is 10.1. The monoisotopic (exact) mass is 275 g/mol. The SMILES string of the molecule is COc1ccc(OCCNC(=O)Cc2cnc[nH]2)cc1. The van der Waals surface area contributed by atoms with Gasteiger partial charge in [-0.05, 0) is 24.3 Å². The van der Waals surface area contributed by atoms with Gasteiger partial charge in [-0.1, -0.05) is 0 Å². The lowest BCUT2D eigenvalue weighted by Gasteiger charge is -2.08. The standard InChI is InChI=1S/C14H17N3O3/c1-19-12-2-4-13(5-3-12)20-7-6-16-14(18)8-11-9-15-10-17-11/h2-5,9-10H,6-8H2,1H3,(H,15,17)(H,16,18). The number of ether oxygens (including phenoxy) is 2. The first-order valence-electron chi connectivity index (χ1n) is 6.29. The molecule has 0 unspecified atom stereocenters. The molecule has 2 rings (SSSR count). The molecule has 0 fully saturated rings. The van der Waals surface area contributed by atoms with E-state index in [1.807, 2.05) is 24.3 Å². The molecule has 0 radical (unpaired) electrons. The van der Waals surface area contributed by atoms with Crippen LogP contribution in [0.15, 0.2) is 36.8 Å². The van der Waals surface area contributed by atoms with Crippen molar-refractivity contribution in [2.24, 2.45) is 0 Å². The molecule has 1 aromatic carbocycles. The van der Waals surface area contributed by atoms with Crippen molar-refractivity contribution in [1.82, 2.24) is 15.3 Å².